The predicted octanol–water partition coefficient (Wildman–Crippen LogP) is 2.98. The van der Waals surface area contributed by atoms with Crippen LogP contribution in [0, 0.1) is 17.1 Å². The average Bonchev–Trinajstić information content (AvgIpc) is 2.73. The van der Waals surface area contributed by atoms with Gasteiger partial charge in [-0.3, -0.25) is 4.79 Å². The molecule has 1 saturated heterocycles. The number of halogens is 1. The Bertz CT molecular complexity index is 1000. The van der Waals surface area contributed by atoms with Crippen LogP contribution in [-0.2, 0) is 26.2 Å². The highest BCUT2D eigenvalue weighted by molar-refractivity contribution is 7.89. The zero-order valence-corrected chi connectivity index (χ0v) is 15.9. The van der Waals surface area contributed by atoms with E-state index in [1.54, 1.807) is 18.2 Å². The molecule has 0 bridgehead atoms. The minimum absolute atomic E-state index is 0.0701. The van der Waals surface area contributed by atoms with Gasteiger partial charge < -0.3 is 4.74 Å². The molecule has 1 aliphatic rings. The summed E-state index contributed by atoms with van der Waals surface area (Å²) in [7, 11) is -3.84. The SMILES string of the molecule is N#Cc1ccc(F)c(COC(=O)[C@H]2CCCCN2S(=O)(=O)c2ccccc2)c1. The average molecular weight is 402 g/mol. The second-order valence-corrected chi connectivity index (χ2v) is 8.36. The standard InChI is InChI=1S/C20H19FN2O4S/c21-18-10-9-15(13-22)12-16(18)14-27-20(24)19-8-4-5-11-23(19)28(25,26)17-6-2-1-3-7-17/h1-3,6-7,9-10,12,19H,4-5,8,11,14H2/t19-/m1/s1. The van der Waals surface area contributed by atoms with Crippen molar-refractivity contribution in [1.82, 2.24) is 4.31 Å². The Labute approximate surface area is 163 Å². The number of carbonyl (C=O) groups is 1. The number of ether oxygens (including phenoxy) is 1. The summed E-state index contributed by atoms with van der Waals surface area (Å²) in [4.78, 5) is 12.7. The Hall–Kier alpha value is -2.76. The summed E-state index contributed by atoms with van der Waals surface area (Å²) in [6.45, 7) is -0.148. The second kappa shape index (κ2) is 8.50. The van der Waals surface area contributed by atoms with Crippen molar-refractivity contribution < 1.29 is 22.3 Å². The number of nitrogens with zero attached hydrogens (tertiary/aromatic N) is 2. The van der Waals surface area contributed by atoms with Crippen LogP contribution in [0.15, 0.2) is 53.4 Å². The van der Waals surface area contributed by atoms with Crippen molar-refractivity contribution in [2.75, 3.05) is 6.54 Å². The van der Waals surface area contributed by atoms with Crippen molar-refractivity contribution >= 4 is 16.0 Å². The lowest BCUT2D eigenvalue weighted by molar-refractivity contribution is -0.150. The van der Waals surface area contributed by atoms with E-state index in [2.05, 4.69) is 0 Å². The molecule has 1 aliphatic heterocycles. The number of esters is 1. The summed E-state index contributed by atoms with van der Waals surface area (Å²) < 4.78 is 46.1. The monoisotopic (exact) mass is 402 g/mol. The van der Waals surface area contributed by atoms with Crippen LogP contribution >= 0.6 is 0 Å². The molecule has 6 nitrogen and oxygen atoms in total. The Morgan fingerprint density at radius 3 is 2.68 bits per heavy atom. The quantitative estimate of drug-likeness (QED) is 0.718. The van der Waals surface area contributed by atoms with E-state index in [4.69, 9.17) is 10.00 Å². The van der Waals surface area contributed by atoms with Crippen LogP contribution < -0.4 is 0 Å². The number of sulfonamides is 1. The van der Waals surface area contributed by atoms with Crippen molar-refractivity contribution in [2.45, 2.75) is 36.8 Å². The molecule has 0 saturated carbocycles. The van der Waals surface area contributed by atoms with E-state index >= 15 is 0 Å². The minimum atomic E-state index is -3.84. The van der Waals surface area contributed by atoms with Gasteiger partial charge in [-0.2, -0.15) is 9.57 Å². The highest BCUT2D eigenvalue weighted by atomic mass is 32.2. The Kier molecular flexibility index (Phi) is 6.07. The molecule has 0 radical (unpaired) electrons. The van der Waals surface area contributed by atoms with Crippen LogP contribution in [0.3, 0.4) is 0 Å². The van der Waals surface area contributed by atoms with E-state index in [9.17, 15) is 17.6 Å². The fourth-order valence-electron chi connectivity index (χ4n) is 3.16. The van der Waals surface area contributed by atoms with Gasteiger partial charge in [-0.15, -0.1) is 0 Å². The van der Waals surface area contributed by atoms with Gasteiger partial charge in [-0.05, 0) is 49.6 Å². The van der Waals surface area contributed by atoms with Gasteiger partial charge in [0.2, 0.25) is 10.0 Å². The zero-order valence-electron chi connectivity index (χ0n) is 15.0. The maximum Gasteiger partial charge on any atom is 0.324 e. The first-order valence-corrected chi connectivity index (χ1v) is 10.3. The molecule has 0 aliphatic carbocycles. The summed E-state index contributed by atoms with van der Waals surface area (Å²) in [6, 6.07) is 12.6. The topological polar surface area (TPSA) is 87.5 Å². The van der Waals surface area contributed by atoms with Crippen LogP contribution in [-0.4, -0.2) is 31.3 Å². The molecule has 28 heavy (non-hydrogen) atoms. The Balaban J connectivity index is 1.77. The Morgan fingerprint density at radius 2 is 1.96 bits per heavy atom. The molecule has 0 N–H and O–H groups in total. The third-order valence-corrected chi connectivity index (χ3v) is 6.54. The molecule has 2 aromatic rings. The summed E-state index contributed by atoms with van der Waals surface area (Å²) in [5.41, 5.74) is 0.319. The first-order valence-electron chi connectivity index (χ1n) is 8.85. The lowest BCUT2D eigenvalue weighted by atomic mass is 10.1. The summed E-state index contributed by atoms with van der Waals surface area (Å²) in [5.74, 6) is -1.31. The largest absolute Gasteiger partial charge is 0.460 e. The second-order valence-electron chi connectivity index (χ2n) is 6.47. The highest BCUT2D eigenvalue weighted by Crippen LogP contribution is 2.26. The van der Waals surface area contributed by atoms with Crippen molar-refractivity contribution in [3.63, 3.8) is 0 Å². The van der Waals surface area contributed by atoms with Crippen molar-refractivity contribution in [3.05, 3.63) is 65.5 Å². The smallest absolute Gasteiger partial charge is 0.324 e. The molecule has 1 atom stereocenters. The van der Waals surface area contributed by atoms with E-state index in [-0.39, 0.29) is 29.2 Å². The van der Waals surface area contributed by atoms with Crippen LogP contribution in [0.2, 0.25) is 0 Å². The number of piperidine rings is 1. The first-order chi connectivity index (χ1) is 13.4. The lowest BCUT2D eigenvalue weighted by Crippen LogP contribution is -2.48. The molecular formula is C20H19FN2O4S. The van der Waals surface area contributed by atoms with E-state index in [1.807, 2.05) is 6.07 Å². The highest BCUT2D eigenvalue weighted by Gasteiger charge is 2.38. The predicted molar refractivity (Wildman–Crippen MR) is 98.9 cm³/mol. The molecule has 146 valence electrons. The number of rotatable bonds is 5. The number of hydrogen-bond acceptors (Lipinski definition) is 5. The van der Waals surface area contributed by atoms with Gasteiger partial charge in [-0.25, -0.2) is 12.8 Å². The van der Waals surface area contributed by atoms with E-state index in [0.29, 0.717) is 19.3 Å². The Morgan fingerprint density at radius 1 is 1.21 bits per heavy atom. The molecule has 3 rings (SSSR count). The van der Waals surface area contributed by atoms with Gasteiger partial charge in [0.05, 0.1) is 16.5 Å². The maximum atomic E-state index is 13.9. The number of nitriles is 1. The van der Waals surface area contributed by atoms with Gasteiger partial charge in [0.1, 0.15) is 18.5 Å². The van der Waals surface area contributed by atoms with Crippen molar-refractivity contribution in [3.8, 4) is 6.07 Å². The fraction of sp³-hybridized carbons (Fsp3) is 0.300. The van der Waals surface area contributed by atoms with Crippen molar-refractivity contribution in [1.29, 1.82) is 5.26 Å². The first kappa shape index (κ1) is 20.0. The van der Waals surface area contributed by atoms with Gasteiger partial charge in [-0.1, -0.05) is 18.2 Å². The molecule has 0 amide bonds. The van der Waals surface area contributed by atoms with E-state index in [1.165, 1.54) is 24.3 Å². The molecular weight excluding hydrogens is 383 g/mol. The van der Waals surface area contributed by atoms with E-state index < -0.39 is 27.9 Å². The van der Waals surface area contributed by atoms with Crippen molar-refractivity contribution in [2.24, 2.45) is 0 Å². The number of hydrogen-bond donors (Lipinski definition) is 0. The van der Waals surface area contributed by atoms with Gasteiger partial charge >= 0.3 is 5.97 Å². The van der Waals surface area contributed by atoms with Gasteiger partial charge in [0, 0.05) is 12.1 Å². The molecule has 0 spiro atoms. The molecule has 1 heterocycles. The number of carbonyl (C=O) groups excluding carboxylic acids is 1. The normalized spacial score (nSPS) is 17.6. The third kappa shape index (κ3) is 4.21. The summed E-state index contributed by atoms with van der Waals surface area (Å²) in [6.07, 6.45) is 1.68. The molecule has 8 heteroatoms. The summed E-state index contributed by atoms with van der Waals surface area (Å²) in [5, 5.41) is 8.91. The summed E-state index contributed by atoms with van der Waals surface area (Å²) >= 11 is 0. The molecule has 0 aromatic heterocycles. The molecule has 2 aromatic carbocycles. The number of benzene rings is 2. The fourth-order valence-corrected chi connectivity index (χ4v) is 4.82. The van der Waals surface area contributed by atoms with Crippen LogP contribution in [0.5, 0.6) is 0 Å². The van der Waals surface area contributed by atoms with Crippen LogP contribution in [0.25, 0.3) is 0 Å². The maximum absolute atomic E-state index is 13.9. The van der Waals surface area contributed by atoms with Crippen LogP contribution in [0.4, 0.5) is 4.39 Å². The van der Waals surface area contributed by atoms with E-state index in [0.717, 1.165) is 10.4 Å². The lowest BCUT2D eigenvalue weighted by Gasteiger charge is -2.33. The van der Waals surface area contributed by atoms with Gasteiger partial charge in [0.15, 0.2) is 0 Å². The molecule has 1 fully saturated rings. The molecule has 0 unspecified atom stereocenters. The van der Waals surface area contributed by atoms with Crippen LogP contribution in [0.1, 0.15) is 30.4 Å². The third-order valence-electron chi connectivity index (χ3n) is 4.62. The minimum Gasteiger partial charge on any atom is -0.460 e. The zero-order chi connectivity index (χ0) is 20.1. The van der Waals surface area contributed by atoms with Gasteiger partial charge in [0.25, 0.3) is 0 Å².